The van der Waals surface area contributed by atoms with Gasteiger partial charge in [-0.15, -0.1) is 11.3 Å². The molecule has 1 unspecified atom stereocenters. The summed E-state index contributed by atoms with van der Waals surface area (Å²) >= 11 is 1.63. The van der Waals surface area contributed by atoms with E-state index in [9.17, 15) is 9.90 Å². The van der Waals surface area contributed by atoms with Crippen LogP contribution in [-0.4, -0.2) is 66.7 Å². The Hall–Kier alpha value is -0.950. The summed E-state index contributed by atoms with van der Waals surface area (Å²) in [5, 5.41) is 14.0. The molecule has 2 N–H and O–H groups in total. The van der Waals surface area contributed by atoms with Crippen LogP contribution in [0.15, 0.2) is 6.07 Å². The van der Waals surface area contributed by atoms with Gasteiger partial charge in [0.1, 0.15) is 0 Å². The lowest BCUT2D eigenvalue weighted by Gasteiger charge is -2.38. The molecule has 2 aliphatic rings. The van der Waals surface area contributed by atoms with E-state index in [-0.39, 0.29) is 5.91 Å². The molecule has 0 radical (unpaired) electrons. The Kier molecular flexibility index (Phi) is 4.54. The normalized spacial score (nSPS) is 25.8. The van der Waals surface area contributed by atoms with Crippen LogP contribution in [0.25, 0.3) is 0 Å². The van der Waals surface area contributed by atoms with Crippen LogP contribution < -0.4 is 5.32 Å². The molecule has 3 rings (SSSR count). The third-order valence-corrected chi connectivity index (χ3v) is 5.76. The summed E-state index contributed by atoms with van der Waals surface area (Å²) < 4.78 is 0. The first-order valence-electron chi connectivity index (χ1n) is 7.95. The molecule has 122 valence electrons. The maximum absolute atomic E-state index is 12.1. The van der Waals surface area contributed by atoms with E-state index in [1.807, 2.05) is 6.07 Å². The Labute approximate surface area is 135 Å². The standard InChI is InChI=1S/C16H25N3O2S/c1-18(2)15(20)14-8-12-9-19(7-4-13(12)22-14)11-16(21)5-3-6-17-10-16/h8,17,21H,3-7,9-11H2,1-2H3. The van der Waals surface area contributed by atoms with Crippen LogP contribution in [0.5, 0.6) is 0 Å². The van der Waals surface area contributed by atoms with Crippen molar-refractivity contribution in [2.75, 3.05) is 40.3 Å². The molecule has 2 aliphatic heterocycles. The molecule has 0 spiro atoms. The number of rotatable bonds is 3. The molecule has 3 heterocycles. The van der Waals surface area contributed by atoms with Crippen molar-refractivity contribution >= 4 is 17.2 Å². The highest BCUT2D eigenvalue weighted by molar-refractivity contribution is 7.14. The molecule has 1 aromatic heterocycles. The molecule has 5 nitrogen and oxygen atoms in total. The van der Waals surface area contributed by atoms with Gasteiger partial charge in [0, 0.05) is 45.2 Å². The third-order valence-electron chi connectivity index (χ3n) is 4.53. The van der Waals surface area contributed by atoms with Crippen molar-refractivity contribution in [2.45, 2.75) is 31.4 Å². The van der Waals surface area contributed by atoms with Gasteiger partial charge in [-0.1, -0.05) is 0 Å². The van der Waals surface area contributed by atoms with Crippen molar-refractivity contribution in [1.29, 1.82) is 0 Å². The number of thiophene rings is 1. The van der Waals surface area contributed by atoms with Gasteiger partial charge < -0.3 is 15.3 Å². The number of fused-ring (bicyclic) bond motifs is 1. The van der Waals surface area contributed by atoms with Crippen molar-refractivity contribution < 1.29 is 9.90 Å². The highest BCUT2D eigenvalue weighted by Crippen LogP contribution is 2.30. The van der Waals surface area contributed by atoms with Crippen LogP contribution in [0.3, 0.4) is 0 Å². The van der Waals surface area contributed by atoms with Crippen molar-refractivity contribution in [1.82, 2.24) is 15.1 Å². The van der Waals surface area contributed by atoms with Crippen LogP contribution in [0, 0.1) is 0 Å². The quantitative estimate of drug-likeness (QED) is 0.869. The zero-order valence-electron chi connectivity index (χ0n) is 13.4. The molecular weight excluding hydrogens is 298 g/mol. The first kappa shape index (κ1) is 15.9. The molecule has 1 amide bonds. The SMILES string of the molecule is CN(C)C(=O)c1cc2c(s1)CCN(CC1(O)CCCNC1)C2. The number of hydrogen-bond acceptors (Lipinski definition) is 5. The fourth-order valence-electron chi connectivity index (χ4n) is 3.36. The van der Waals surface area contributed by atoms with Crippen molar-refractivity contribution in [2.24, 2.45) is 0 Å². The Morgan fingerprint density at radius 3 is 3.05 bits per heavy atom. The van der Waals surface area contributed by atoms with Gasteiger partial charge in [0.15, 0.2) is 0 Å². The Balaban J connectivity index is 1.67. The molecule has 1 saturated heterocycles. The summed E-state index contributed by atoms with van der Waals surface area (Å²) in [7, 11) is 3.58. The van der Waals surface area contributed by atoms with Gasteiger partial charge in [-0.25, -0.2) is 0 Å². The average Bonchev–Trinajstić information content (AvgIpc) is 2.89. The number of hydrogen-bond donors (Lipinski definition) is 2. The molecule has 1 aromatic rings. The van der Waals surface area contributed by atoms with Crippen molar-refractivity contribution in [3.63, 3.8) is 0 Å². The molecular formula is C16H25N3O2S. The van der Waals surface area contributed by atoms with E-state index < -0.39 is 5.60 Å². The summed E-state index contributed by atoms with van der Waals surface area (Å²) in [6, 6.07) is 2.04. The number of carbonyl (C=O) groups excluding carboxylic acids is 1. The van der Waals surface area contributed by atoms with E-state index in [1.165, 1.54) is 10.4 Å². The second-order valence-electron chi connectivity index (χ2n) is 6.72. The summed E-state index contributed by atoms with van der Waals surface area (Å²) in [6.07, 6.45) is 2.89. The van der Waals surface area contributed by atoms with Crippen LogP contribution in [0.4, 0.5) is 0 Å². The Bertz CT molecular complexity index is 550. The number of nitrogens with one attached hydrogen (secondary N) is 1. The van der Waals surface area contributed by atoms with E-state index in [1.54, 1.807) is 30.3 Å². The molecule has 0 bridgehead atoms. The molecule has 1 fully saturated rings. The van der Waals surface area contributed by atoms with Crippen LogP contribution in [0.1, 0.15) is 33.0 Å². The first-order chi connectivity index (χ1) is 10.5. The lowest BCUT2D eigenvalue weighted by molar-refractivity contribution is -0.0183. The number of aliphatic hydroxyl groups is 1. The van der Waals surface area contributed by atoms with Gasteiger partial charge in [0.2, 0.25) is 0 Å². The monoisotopic (exact) mass is 323 g/mol. The average molecular weight is 323 g/mol. The van der Waals surface area contributed by atoms with E-state index >= 15 is 0 Å². The van der Waals surface area contributed by atoms with E-state index in [2.05, 4.69) is 10.2 Å². The van der Waals surface area contributed by atoms with E-state index in [0.717, 1.165) is 43.8 Å². The fraction of sp³-hybridized carbons (Fsp3) is 0.688. The maximum Gasteiger partial charge on any atom is 0.263 e. The minimum atomic E-state index is -0.603. The summed E-state index contributed by atoms with van der Waals surface area (Å²) in [5.74, 6) is 0.0843. The number of amides is 1. The lowest BCUT2D eigenvalue weighted by Crippen LogP contribution is -2.53. The third kappa shape index (κ3) is 3.35. The highest BCUT2D eigenvalue weighted by atomic mass is 32.1. The van der Waals surface area contributed by atoms with Crippen LogP contribution in [-0.2, 0) is 13.0 Å². The zero-order chi connectivity index (χ0) is 15.7. The van der Waals surface area contributed by atoms with Gasteiger partial charge in [-0.05, 0) is 37.4 Å². The Morgan fingerprint density at radius 1 is 1.55 bits per heavy atom. The van der Waals surface area contributed by atoms with Gasteiger partial charge >= 0.3 is 0 Å². The van der Waals surface area contributed by atoms with Crippen molar-refractivity contribution in [3.8, 4) is 0 Å². The second-order valence-corrected chi connectivity index (χ2v) is 7.86. The number of nitrogens with zero attached hydrogens (tertiary/aromatic N) is 2. The number of carbonyl (C=O) groups is 1. The predicted octanol–water partition coefficient (Wildman–Crippen LogP) is 0.922. The molecule has 0 aliphatic carbocycles. The van der Waals surface area contributed by atoms with Crippen LogP contribution >= 0.6 is 11.3 Å². The van der Waals surface area contributed by atoms with Gasteiger partial charge in [0.05, 0.1) is 10.5 Å². The number of piperidine rings is 1. The van der Waals surface area contributed by atoms with Gasteiger partial charge in [-0.3, -0.25) is 9.69 Å². The van der Waals surface area contributed by atoms with Crippen LogP contribution in [0.2, 0.25) is 0 Å². The second kappa shape index (κ2) is 6.28. The topological polar surface area (TPSA) is 55.8 Å². The molecule has 6 heteroatoms. The van der Waals surface area contributed by atoms with Gasteiger partial charge in [-0.2, -0.15) is 0 Å². The highest BCUT2D eigenvalue weighted by Gasteiger charge is 2.33. The minimum absolute atomic E-state index is 0.0843. The molecule has 0 saturated carbocycles. The lowest BCUT2D eigenvalue weighted by atomic mass is 9.93. The summed E-state index contributed by atoms with van der Waals surface area (Å²) in [6.45, 7) is 4.21. The summed E-state index contributed by atoms with van der Waals surface area (Å²) in [5.41, 5.74) is 0.655. The number of β-amino-alcohol motifs (C(OH)–C–C–N with tert-alkyl or cyclic N) is 1. The predicted molar refractivity (Wildman–Crippen MR) is 88.4 cm³/mol. The fourth-order valence-corrected chi connectivity index (χ4v) is 4.54. The molecule has 22 heavy (non-hydrogen) atoms. The molecule has 1 atom stereocenters. The summed E-state index contributed by atoms with van der Waals surface area (Å²) in [4.78, 5) is 18.2. The first-order valence-corrected chi connectivity index (χ1v) is 8.77. The maximum atomic E-state index is 12.1. The molecule has 0 aromatic carbocycles. The Morgan fingerprint density at radius 2 is 2.36 bits per heavy atom. The van der Waals surface area contributed by atoms with Crippen molar-refractivity contribution in [3.05, 3.63) is 21.4 Å². The zero-order valence-corrected chi connectivity index (χ0v) is 14.2. The smallest absolute Gasteiger partial charge is 0.263 e. The minimum Gasteiger partial charge on any atom is -0.387 e. The largest absolute Gasteiger partial charge is 0.387 e. The van der Waals surface area contributed by atoms with Gasteiger partial charge in [0.25, 0.3) is 5.91 Å². The van der Waals surface area contributed by atoms with E-state index in [0.29, 0.717) is 13.1 Å². The van der Waals surface area contributed by atoms with E-state index in [4.69, 9.17) is 0 Å².